The lowest BCUT2D eigenvalue weighted by molar-refractivity contribution is -0.133. The molecule has 5 heteroatoms. The molecule has 19 heavy (non-hydrogen) atoms. The van der Waals surface area contributed by atoms with Crippen molar-refractivity contribution in [2.45, 2.75) is 0 Å². The SMILES string of the molecule is C=C(Cl)COc1ccccc1C(=COC)C(=O)OC. The lowest BCUT2D eigenvalue weighted by Gasteiger charge is -2.12. The van der Waals surface area contributed by atoms with E-state index in [2.05, 4.69) is 6.58 Å². The second-order valence-corrected chi connectivity index (χ2v) is 4.10. The second-order valence-electron chi connectivity index (χ2n) is 3.56. The van der Waals surface area contributed by atoms with E-state index in [-0.39, 0.29) is 12.2 Å². The largest absolute Gasteiger partial charge is 0.503 e. The topological polar surface area (TPSA) is 44.8 Å². The van der Waals surface area contributed by atoms with Crippen LogP contribution in [0.15, 0.2) is 42.1 Å². The molecular formula is C14H15ClO4. The van der Waals surface area contributed by atoms with Crippen molar-refractivity contribution in [2.24, 2.45) is 0 Å². The van der Waals surface area contributed by atoms with Gasteiger partial charge >= 0.3 is 5.97 Å². The number of halogens is 1. The molecule has 0 aliphatic heterocycles. The van der Waals surface area contributed by atoms with Gasteiger partial charge in [-0.2, -0.15) is 0 Å². The minimum Gasteiger partial charge on any atom is -0.503 e. The van der Waals surface area contributed by atoms with Gasteiger partial charge in [0.25, 0.3) is 0 Å². The number of ether oxygens (including phenoxy) is 3. The zero-order valence-corrected chi connectivity index (χ0v) is 11.6. The highest BCUT2D eigenvalue weighted by atomic mass is 35.5. The maximum Gasteiger partial charge on any atom is 0.341 e. The van der Waals surface area contributed by atoms with Gasteiger partial charge in [0.1, 0.15) is 17.9 Å². The van der Waals surface area contributed by atoms with E-state index in [1.165, 1.54) is 20.5 Å². The van der Waals surface area contributed by atoms with Gasteiger partial charge in [-0.05, 0) is 6.07 Å². The van der Waals surface area contributed by atoms with E-state index >= 15 is 0 Å². The number of hydrogen-bond donors (Lipinski definition) is 0. The summed E-state index contributed by atoms with van der Waals surface area (Å²) in [6.07, 6.45) is 1.31. The molecular weight excluding hydrogens is 268 g/mol. The third-order valence-corrected chi connectivity index (χ3v) is 2.31. The minimum atomic E-state index is -0.511. The van der Waals surface area contributed by atoms with Gasteiger partial charge in [0.2, 0.25) is 0 Å². The van der Waals surface area contributed by atoms with Crippen LogP contribution in [0.25, 0.3) is 5.57 Å². The van der Waals surface area contributed by atoms with Crippen LogP contribution in [0, 0.1) is 0 Å². The summed E-state index contributed by atoms with van der Waals surface area (Å²) in [6.45, 7) is 3.69. The lowest BCUT2D eigenvalue weighted by Crippen LogP contribution is -2.07. The van der Waals surface area contributed by atoms with Gasteiger partial charge < -0.3 is 14.2 Å². The Morgan fingerprint density at radius 1 is 1.37 bits per heavy atom. The summed E-state index contributed by atoms with van der Waals surface area (Å²) in [5.74, 6) is -0.0133. The standard InChI is InChI=1S/C14H15ClO4/c1-10(15)8-19-13-7-5-4-6-11(13)12(9-17-2)14(16)18-3/h4-7,9H,1,8H2,2-3H3. The Kier molecular flexibility index (Phi) is 5.96. The first-order chi connectivity index (χ1) is 9.10. The van der Waals surface area contributed by atoms with Crippen molar-refractivity contribution in [3.8, 4) is 5.75 Å². The van der Waals surface area contributed by atoms with E-state index in [1.807, 2.05) is 0 Å². The van der Waals surface area contributed by atoms with Crippen molar-refractivity contribution in [1.82, 2.24) is 0 Å². The lowest BCUT2D eigenvalue weighted by atomic mass is 10.1. The summed E-state index contributed by atoms with van der Waals surface area (Å²) in [5.41, 5.74) is 0.829. The van der Waals surface area contributed by atoms with Crippen molar-refractivity contribution in [3.63, 3.8) is 0 Å². The third kappa shape index (κ3) is 4.34. The maximum absolute atomic E-state index is 11.7. The highest BCUT2D eigenvalue weighted by Gasteiger charge is 2.17. The molecule has 0 spiro atoms. The highest BCUT2D eigenvalue weighted by Crippen LogP contribution is 2.27. The van der Waals surface area contributed by atoms with Gasteiger partial charge in [0.15, 0.2) is 0 Å². The van der Waals surface area contributed by atoms with Crippen molar-refractivity contribution < 1.29 is 19.0 Å². The Morgan fingerprint density at radius 2 is 2.05 bits per heavy atom. The number of esters is 1. The summed E-state index contributed by atoms with van der Waals surface area (Å²) in [6, 6.07) is 7.03. The van der Waals surface area contributed by atoms with Crippen molar-refractivity contribution in [2.75, 3.05) is 20.8 Å². The quantitative estimate of drug-likeness (QED) is 0.457. The fourth-order valence-corrected chi connectivity index (χ4v) is 1.47. The minimum absolute atomic E-state index is 0.153. The van der Waals surface area contributed by atoms with Gasteiger partial charge in [-0.3, -0.25) is 0 Å². The summed E-state index contributed by atoms with van der Waals surface area (Å²) >= 11 is 5.66. The van der Waals surface area contributed by atoms with Crippen LogP contribution in [0.1, 0.15) is 5.56 Å². The molecule has 102 valence electrons. The average molecular weight is 283 g/mol. The maximum atomic E-state index is 11.7. The summed E-state index contributed by atoms with van der Waals surface area (Å²) in [7, 11) is 2.75. The first-order valence-electron chi connectivity index (χ1n) is 5.47. The molecule has 1 rings (SSSR count). The summed E-state index contributed by atoms with van der Waals surface area (Å²) < 4.78 is 15.1. The zero-order chi connectivity index (χ0) is 14.3. The van der Waals surface area contributed by atoms with Crippen LogP contribution < -0.4 is 4.74 Å². The van der Waals surface area contributed by atoms with Crippen LogP contribution in [0.2, 0.25) is 0 Å². The normalized spacial score (nSPS) is 10.8. The smallest absolute Gasteiger partial charge is 0.341 e. The monoisotopic (exact) mass is 282 g/mol. The summed E-state index contributed by atoms with van der Waals surface area (Å²) in [4.78, 5) is 11.7. The van der Waals surface area contributed by atoms with Crippen LogP contribution >= 0.6 is 11.6 Å². The van der Waals surface area contributed by atoms with Gasteiger partial charge in [0, 0.05) is 10.6 Å². The van der Waals surface area contributed by atoms with E-state index < -0.39 is 5.97 Å². The van der Waals surface area contributed by atoms with Crippen LogP contribution in [-0.2, 0) is 14.3 Å². The van der Waals surface area contributed by atoms with Gasteiger partial charge in [-0.1, -0.05) is 36.4 Å². The number of benzene rings is 1. The number of para-hydroxylation sites is 1. The molecule has 0 amide bonds. The molecule has 0 aliphatic carbocycles. The molecule has 0 radical (unpaired) electrons. The number of carbonyl (C=O) groups excluding carboxylic acids is 1. The van der Waals surface area contributed by atoms with Crippen molar-refractivity contribution in [3.05, 3.63) is 47.7 Å². The Morgan fingerprint density at radius 3 is 2.63 bits per heavy atom. The second kappa shape index (κ2) is 7.48. The van der Waals surface area contributed by atoms with Crippen molar-refractivity contribution >= 4 is 23.1 Å². The molecule has 1 aromatic carbocycles. The van der Waals surface area contributed by atoms with Gasteiger partial charge in [-0.15, -0.1) is 0 Å². The zero-order valence-electron chi connectivity index (χ0n) is 10.8. The van der Waals surface area contributed by atoms with Crippen LogP contribution in [0.3, 0.4) is 0 Å². The molecule has 0 aliphatic rings. The molecule has 0 unspecified atom stereocenters. The molecule has 0 N–H and O–H groups in total. The molecule has 0 saturated carbocycles. The first kappa shape index (κ1) is 15.1. The number of carbonyl (C=O) groups is 1. The third-order valence-electron chi connectivity index (χ3n) is 2.20. The highest BCUT2D eigenvalue weighted by molar-refractivity contribution is 6.29. The van der Waals surface area contributed by atoms with Crippen LogP contribution in [-0.4, -0.2) is 26.8 Å². The molecule has 0 atom stereocenters. The summed E-state index contributed by atoms with van der Waals surface area (Å²) in [5, 5.41) is 0.366. The number of rotatable bonds is 6. The fraction of sp³-hybridized carbons (Fsp3) is 0.214. The average Bonchev–Trinajstić information content (AvgIpc) is 2.42. The van der Waals surface area contributed by atoms with E-state index in [4.69, 9.17) is 25.8 Å². The van der Waals surface area contributed by atoms with Gasteiger partial charge in [-0.25, -0.2) is 4.79 Å². The molecule has 1 aromatic rings. The Hall–Kier alpha value is -1.94. The van der Waals surface area contributed by atoms with Crippen LogP contribution in [0.5, 0.6) is 5.75 Å². The Bertz CT molecular complexity index is 494. The molecule has 0 bridgehead atoms. The Labute approximate surface area is 117 Å². The van der Waals surface area contributed by atoms with E-state index in [1.54, 1.807) is 24.3 Å². The van der Waals surface area contributed by atoms with E-state index in [9.17, 15) is 4.79 Å². The molecule has 0 fully saturated rings. The molecule has 4 nitrogen and oxygen atoms in total. The molecule has 0 aromatic heterocycles. The predicted octanol–water partition coefficient (Wildman–Crippen LogP) is 2.98. The van der Waals surface area contributed by atoms with Gasteiger partial charge in [0.05, 0.1) is 20.5 Å². The number of hydrogen-bond acceptors (Lipinski definition) is 4. The first-order valence-corrected chi connectivity index (χ1v) is 5.84. The van der Waals surface area contributed by atoms with E-state index in [0.29, 0.717) is 16.3 Å². The van der Waals surface area contributed by atoms with Crippen molar-refractivity contribution in [1.29, 1.82) is 0 Å². The number of methoxy groups -OCH3 is 2. The van der Waals surface area contributed by atoms with E-state index in [0.717, 1.165) is 0 Å². The Balaban J connectivity index is 3.12. The molecule has 0 saturated heterocycles. The van der Waals surface area contributed by atoms with Crippen LogP contribution in [0.4, 0.5) is 0 Å². The predicted molar refractivity (Wildman–Crippen MR) is 73.9 cm³/mol. The molecule has 0 heterocycles. The fourth-order valence-electron chi connectivity index (χ4n) is 1.42.